The van der Waals surface area contributed by atoms with E-state index in [0.29, 0.717) is 17.2 Å². The molecule has 1 aromatic carbocycles. The molecule has 6 nitrogen and oxygen atoms in total. The largest absolute Gasteiger partial charge is 0.462 e. The first-order valence-corrected chi connectivity index (χ1v) is 10.4. The van der Waals surface area contributed by atoms with Crippen molar-refractivity contribution in [2.75, 3.05) is 18.4 Å². The Morgan fingerprint density at radius 2 is 1.96 bits per heavy atom. The van der Waals surface area contributed by atoms with Crippen molar-refractivity contribution in [1.29, 1.82) is 0 Å². The molecule has 2 saturated carbocycles. The number of hydrogen-bond acceptors (Lipinski definition) is 4. The summed E-state index contributed by atoms with van der Waals surface area (Å²) >= 11 is 0. The number of carbonyl (C=O) groups excluding carboxylic acids is 3. The van der Waals surface area contributed by atoms with E-state index in [9.17, 15) is 14.4 Å². The fourth-order valence-electron chi connectivity index (χ4n) is 5.71. The van der Waals surface area contributed by atoms with Crippen LogP contribution in [0, 0.1) is 29.6 Å². The predicted octanol–water partition coefficient (Wildman–Crippen LogP) is 2.69. The van der Waals surface area contributed by atoms with Gasteiger partial charge in [-0.15, -0.1) is 0 Å². The molecule has 5 atom stereocenters. The van der Waals surface area contributed by atoms with E-state index in [-0.39, 0.29) is 47.6 Å². The topological polar surface area (TPSA) is 75.7 Å². The number of nitrogens with one attached hydrogen (secondary N) is 1. The van der Waals surface area contributed by atoms with Crippen LogP contribution in [0.25, 0.3) is 0 Å². The van der Waals surface area contributed by atoms with Crippen molar-refractivity contribution in [1.82, 2.24) is 4.90 Å². The van der Waals surface area contributed by atoms with Gasteiger partial charge in [0, 0.05) is 30.3 Å². The van der Waals surface area contributed by atoms with Gasteiger partial charge in [-0.3, -0.25) is 14.4 Å². The van der Waals surface area contributed by atoms with Crippen molar-refractivity contribution in [2.24, 2.45) is 29.6 Å². The number of piperidine rings is 1. The molecule has 2 amide bonds. The van der Waals surface area contributed by atoms with Gasteiger partial charge in [0.05, 0.1) is 11.8 Å². The minimum atomic E-state index is -0.306. The molecule has 4 aliphatic rings. The third-order valence-corrected chi connectivity index (χ3v) is 7.23. The highest BCUT2D eigenvalue weighted by atomic mass is 16.6. The molecule has 6 heteroatoms. The van der Waals surface area contributed by atoms with Gasteiger partial charge in [-0.25, -0.2) is 0 Å². The van der Waals surface area contributed by atoms with Crippen molar-refractivity contribution in [3.8, 4) is 0 Å². The number of ether oxygens (including phenoxy) is 1. The second kappa shape index (κ2) is 6.61. The maximum Gasteiger partial charge on any atom is 0.310 e. The molecule has 1 aromatic rings. The van der Waals surface area contributed by atoms with Gasteiger partial charge in [0.2, 0.25) is 5.91 Å². The van der Waals surface area contributed by atoms with Crippen LogP contribution in [0.2, 0.25) is 0 Å². The number of esters is 1. The number of nitrogens with zero attached hydrogens (tertiary/aromatic N) is 1. The van der Waals surface area contributed by atoms with E-state index in [1.165, 1.54) is 0 Å². The summed E-state index contributed by atoms with van der Waals surface area (Å²) in [5.41, 5.74) is 1.22. The molecule has 2 aliphatic heterocycles. The first kappa shape index (κ1) is 17.7. The average Bonchev–Trinajstić information content (AvgIpc) is 3.31. The third-order valence-electron chi connectivity index (χ3n) is 7.23. The van der Waals surface area contributed by atoms with E-state index >= 15 is 0 Å². The highest BCUT2D eigenvalue weighted by Crippen LogP contribution is 2.57. The van der Waals surface area contributed by atoms with Crippen LogP contribution in [0.5, 0.6) is 0 Å². The maximum atomic E-state index is 12.9. The summed E-state index contributed by atoms with van der Waals surface area (Å²) in [5.74, 6) is 0.199. The van der Waals surface area contributed by atoms with E-state index in [1.54, 1.807) is 24.3 Å². The fraction of sp³-hybridized carbons (Fsp3) is 0.591. The van der Waals surface area contributed by atoms with Gasteiger partial charge in [-0.05, 0) is 55.7 Å². The van der Waals surface area contributed by atoms with Crippen LogP contribution in [-0.4, -0.2) is 41.9 Å². The van der Waals surface area contributed by atoms with Crippen LogP contribution in [0.3, 0.4) is 0 Å². The highest BCUT2D eigenvalue weighted by Gasteiger charge is 2.63. The summed E-state index contributed by atoms with van der Waals surface area (Å²) in [6, 6.07) is 7.15. The Hall–Kier alpha value is -2.37. The van der Waals surface area contributed by atoms with Crippen molar-refractivity contribution in [3.63, 3.8) is 0 Å². The van der Waals surface area contributed by atoms with Crippen LogP contribution in [0.15, 0.2) is 24.3 Å². The lowest BCUT2D eigenvalue weighted by Crippen LogP contribution is -2.38. The normalized spacial score (nSPS) is 33.8. The van der Waals surface area contributed by atoms with Crippen LogP contribution >= 0.6 is 0 Å². The Morgan fingerprint density at radius 1 is 1.18 bits per heavy atom. The first-order chi connectivity index (χ1) is 13.5. The Bertz CT molecular complexity index is 828. The minimum absolute atomic E-state index is 0.0186. The second-order valence-corrected chi connectivity index (χ2v) is 8.97. The van der Waals surface area contributed by atoms with Gasteiger partial charge in [0.25, 0.3) is 5.91 Å². The summed E-state index contributed by atoms with van der Waals surface area (Å²) in [4.78, 5) is 39.8. The van der Waals surface area contributed by atoms with Gasteiger partial charge >= 0.3 is 5.97 Å². The third kappa shape index (κ3) is 2.81. The SMILES string of the molecule is CC1CCN(C(=O)c2cccc(NC(=O)[C@@H]3[C@@H]4C[C@@H]5[C@@H]3C(=O)O[C@@H]5C4)c2)CC1. The van der Waals surface area contributed by atoms with Crippen LogP contribution in [0.4, 0.5) is 5.69 Å². The molecule has 5 rings (SSSR count). The van der Waals surface area contributed by atoms with Gasteiger partial charge in [-0.1, -0.05) is 13.0 Å². The number of anilines is 1. The number of hydrogen-bond donors (Lipinski definition) is 1. The van der Waals surface area contributed by atoms with Crippen molar-refractivity contribution in [2.45, 2.75) is 38.7 Å². The predicted molar refractivity (Wildman–Crippen MR) is 102 cm³/mol. The highest BCUT2D eigenvalue weighted by molar-refractivity contribution is 5.99. The van der Waals surface area contributed by atoms with Crippen LogP contribution < -0.4 is 5.32 Å². The summed E-state index contributed by atoms with van der Waals surface area (Å²) in [7, 11) is 0. The summed E-state index contributed by atoms with van der Waals surface area (Å²) in [6.07, 6.45) is 3.80. The molecule has 0 radical (unpaired) electrons. The molecule has 2 bridgehead atoms. The minimum Gasteiger partial charge on any atom is -0.462 e. The fourth-order valence-corrected chi connectivity index (χ4v) is 5.71. The first-order valence-electron chi connectivity index (χ1n) is 10.4. The van der Waals surface area contributed by atoms with Crippen LogP contribution in [0.1, 0.15) is 43.0 Å². The molecular weight excluding hydrogens is 356 g/mol. The van der Waals surface area contributed by atoms with E-state index in [1.807, 2.05) is 4.90 Å². The molecule has 2 aliphatic carbocycles. The Morgan fingerprint density at radius 3 is 2.75 bits per heavy atom. The van der Waals surface area contributed by atoms with Gasteiger partial charge in [0.1, 0.15) is 6.10 Å². The number of likely N-dealkylation sites (tertiary alicyclic amines) is 1. The van der Waals surface area contributed by atoms with E-state index in [2.05, 4.69) is 12.2 Å². The maximum absolute atomic E-state index is 12.9. The Kier molecular flexibility index (Phi) is 4.18. The number of carbonyl (C=O) groups is 3. The summed E-state index contributed by atoms with van der Waals surface area (Å²) < 4.78 is 5.43. The Balaban J connectivity index is 1.29. The summed E-state index contributed by atoms with van der Waals surface area (Å²) in [6.45, 7) is 3.79. The molecule has 2 saturated heterocycles. The lowest BCUT2D eigenvalue weighted by molar-refractivity contribution is -0.145. The average molecular weight is 382 g/mol. The lowest BCUT2D eigenvalue weighted by Gasteiger charge is -2.30. The van der Waals surface area contributed by atoms with Gasteiger partial charge < -0.3 is 15.0 Å². The van der Waals surface area contributed by atoms with Gasteiger partial charge in [0.15, 0.2) is 0 Å². The monoisotopic (exact) mass is 382 g/mol. The second-order valence-electron chi connectivity index (χ2n) is 8.97. The van der Waals surface area contributed by atoms with E-state index < -0.39 is 0 Å². The zero-order valence-corrected chi connectivity index (χ0v) is 16.1. The lowest BCUT2D eigenvalue weighted by atomic mass is 9.79. The van der Waals surface area contributed by atoms with Crippen molar-refractivity contribution < 1.29 is 19.1 Å². The van der Waals surface area contributed by atoms with Crippen LogP contribution in [-0.2, 0) is 14.3 Å². The molecule has 1 N–H and O–H groups in total. The smallest absolute Gasteiger partial charge is 0.310 e. The quantitative estimate of drug-likeness (QED) is 0.816. The molecule has 0 unspecified atom stereocenters. The van der Waals surface area contributed by atoms with E-state index in [4.69, 9.17) is 4.74 Å². The Labute approximate surface area is 164 Å². The molecule has 2 heterocycles. The number of fused-ring (bicyclic) bond motifs is 1. The molecule has 148 valence electrons. The zero-order chi connectivity index (χ0) is 19.4. The number of amides is 2. The number of rotatable bonds is 3. The van der Waals surface area contributed by atoms with Gasteiger partial charge in [-0.2, -0.15) is 0 Å². The summed E-state index contributed by atoms with van der Waals surface area (Å²) in [5, 5.41) is 2.96. The molecular formula is C22H26N2O4. The van der Waals surface area contributed by atoms with Crippen molar-refractivity contribution in [3.05, 3.63) is 29.8 Å². The van der Waals surface area contributed by atoms with E-state index in [0.717, 1.165) is 38.8 Å². The zero-order valence-electron chi connectivity index (χ0n) is 16.1. The van der Waals surface area contributed by atoms with Crippen molar-refractivity contribution >= 4 is 23.5 Å². The molecule has 0 aromatic heterocycles. The molecule has 4 fully saturated rings. The molecule has 28 heavy (non-hydrogen) atoms. The standard InChI is InChI=1S/C22H26N2O4/c1-12-5-7-24(8-6-12)21(26)13-3-2-4-15(9-13)23-20(25)18-14-10-16-17(11-14)28-22(27)19(16)18/h2-4,9,12,14,16-19H,5-8,10-11H2,1H3,(H,23,25)/t14-,16+,17-,18-,19+/m1/s1. The number of benzene rings is 1. The molecule has 0 spiro atoms.